The number of nitrogens with zero attached hydrogens (tertiary/aromatic N) is 1. The van der Waals surface area contributed by atoms with Crippen molar-refractivity contribution in [1.82, 2.24) is 10.2 Å². The molecule has 4 nitrogen and oxygen atoms in total. The number of nitrogens with two attached hydrogens (primary N) is 1. The molecular formula is C15H23N3O. The van der Waals surface area contributed by atoms with Crippen LogP contribution < -0.4 is 11.1 Å². The molecule has 2 rings (SSSR count). The lowest BCUT2D eigenvalue weighted by molar-refractivity contribution is 0.0948. The Morgan fingerprint density at radius 1 is 1.53 bits per heavy atom. The number of likely N-dealkylation sites (tertiary alicyclic amines) is 1. The van der Waals surface area contributed by atoms with Gasteiger partial charge in [-0.25, -0.2) is 0 Å². The topological polar surface area (TPSA) is 58.4 Å². The molecule has 0 bridgehead atoms. The molecule has 1 fully saturated rings. The molecule has 4 heteroatoms. The van der Waals surface area contributed by atoms with Gasteiger partial charge >= 0.3 is 0 Å². The zero-order valence-electron chi connectivity index (χ0n) is 11.6. The van der Waals surface area contributed by atoms with Crippen LogP contribution in [0.15, 0.2) is 24.3 Å². The van der Waals surface area contributed by atoms with Crippen LogP contribution in [0.3, 0.4) is 0 Å². The van der Waals surface area contributed by atoms with Crippen LogP contribution in [0.1, 0.15) is 29.6 Å². The molecule has 3 N–H and O–H groups in total. The van der Waals surface area contributed by atoms with Crippen molar-refractivity contribution < 1.29 is 4.79 Å². The van der Waals surface area contributed by atoms with E-state index in [1.165, 1.54) is 19.4 Å². The van der Waals surface area contributed by atoms with Crippen LogP contribution in [0.25, 0.3) is 0 Å². The largest absolute Gasteiger partial charge is 0.399 e. The molecule has 1 unspecified atom stereocenters. The van der Waals surface area contributed by atoms with Crippen LogP contribution in [0.4, 0.5) is 5.69 Å². The Bertz CT molecular complexity index is 433. The van der Waals surface area contributed by atoms with Gasteiger partial charge in [0, 0.05) is 24.3 Å². The Labute approximate surface area is 115 Å². The molecular weight excluding hydrogens is 238 g/mol. The second-order valence-corrected chi connectivity index (χ2v) is 5.44. The number of amides is 1. The highest BCUT2D eigenvalue weighted by Gasteiger charge is 2.17. The van der Waals surface area contributed by atoms with Crippen molar-refractivity contribution >= 4 is 11.6 Å². The lowest BCUT2D eigenvalue weighted by Crippen LogP contribution is -2.34. The van der Waals surface area contributed by atoms with Gasteiger partial charge in [-0.05, 0) is 57.0 Å². The Hall–Kier alpha value is -1.55. The molecule has 1 aromatic rings. The highest BCUT2D eigenvalue weighted by Crippen LogP contribution is 2.17. The first-order valence-electron chi connectivity index (χ1n) is 6.97. The van der Waals surface area contributed by atoms with Crippen LogP contribution in [-0.2, 0) is 0 Å². The summed E-state index contributed by atoms with van der Waals surface area (Å²) in [5, 5.41) is 2.98. The number of benzene rings is 1. The van der Waals surface area contributed by atoms with Crippen molar-refractivity contribution in [2.75, 3.05) is 32.4 Å². The predicted molar refractivity (Wildman–Crippen MR) is 78.0 cm³/mol. The summed E-state index contributed by atoms with van der Waals surface area (Å²) < 4.78 is 0. The molecule has 0 aromatic heterocycles. The number of piperidine rings is 1. The van der Waals surface area contributed by atoms with Gasteiger partial charge in [-0.2, -0.15) is 0 Å². The number of carbonyl (C=O) groups is 1. The van der Waals surface area contributed by atoms with E-state index < -0.39 is 0 Å². The number of nitrogens with one attached hydrogen (secondary N) is 1. The smallest absolute Gasteiger partial charge is 0.251 e. The minimum absolute atomic E-state index is 0.0311. The first kappa shape index (κ1) is 13.9. The van der Waals surface area contributed by atoms with Gasteiger partial charge in [0.25, 0.3) is 5.91 Å². The van der Waals surface area contributed by atoms with Crippen molar-refractivity contribution in [3.05, 3.63) is 29.8 Å². The fourth-order valence-electron chi connectivity index (χ4n) is 2.68. The van der Waals surface area contributed by atoms with E-state index in [9.17, 15) is 4.79 Å². The summed E-state index contributed by atoms with van der Waals surface area (Å²) in [6.07, 6.45) is 3.60. The van der Waals surface area contributed by atoms with E-state index in [1.807, 2.05) is 0 Å². The van der Waals surface area contributed by atoms with Gasteiger partial charge in [-0.1, -0.05) is 6.07 Å². The van der Waals surface area contributed by atoms with Gasteiger partial charge in [-0.15, -0.1) is 0 Å². The minimum atomic E-state index is -0.0311. The van der Waals surface area contributed by atoms with Gasteiger partial charge < -0.3 is 16.0 Å². The molecule has 0 radical (unpaired) electrons. The third-order valence-corrected chi connectivity index (χ3v) is 3.71. The van der Waals surface area contributed by atoms with Gasteiger partial charge in [0.15, 0.2) is 0 Å². The quantitative estimate of drug-likeness (QED) is 0.812. The second-order valence-electron chi connectivity index (χ2n) is 5.44. The molecule has 1 heterocycles. The zero-order valence-corrected chi connectivity index (χ0v) is 11.6. The summed E-state index contributed by atoms with van der Waals surface area (Å²) in [5.41, 5.74) is 6.94. The van der Waals surface area contributed by atoms with Gasteiger partial charge in [0.2, 0.25) is 0 Å². The van der Waals surface area contributed by atoms with Gasteiger partial charge in [0.05, 0.1) is 0 Å². The minimum Gasteiger partial charge on any atom is -0.399 e. The van der Waals surface area contributed by atoms with E-state index in [0.717, 1.165) is 19.5 Å². The van der Waals surface area contributed by atoms with Gasteiger partial charge in [0.1, 0.15) is 0 Å². The first-order valence-corrected chi connectivity index (χ1v) is 6.97. The molecule has 0 saturated carbocycles. The standard InChI is InChI=1S/C15H23N3O/c1-18-9-3-4-12(11-18)7-8-17-15(19)13-5-2-6-14(16)10-13/h2,5-6,10,12H,3-4,7-9,11,16H2,1H3,(H,17,19). The molecule has 1 amide bonds. The Balaban J connectivity index is 1.75. The summed E-state index contributed by atoms with van der Waals surface area (Å²) in [5.74, 6) is 0.677. The molecule has 1 aliphatic rings. The molecule has 0 aliphatic carbocycles. The maximum Gasteiger partial charge on any atom is 0.251 e. The van der Waals surface area contributed by atoms with Crippen molar-refractivity contribution in [2.24, 2.45) is 5.92 Å². The zero-order chi connectivity index (χ0) is 13.7. The molecule has 0 spiro atoms. The van der Waals surface area contributed by atoms with Crippen LogP contribution in [0.5, 0.6) is 0 Å². The summed E-state index contributed by atoms with van der Waals surface area (Å²) in [6, 6.07) is 7.10. The lowest BCUT2D eigenvalue weighted by atomic mass is 9.95. The van der Waals surface area contributed by atoms with Crippen LogP contribution >= 0.6 is 0 Å². The van der Waals surface area contributed by atoms with E-state index >= 15 is 0 Å². The summed E-state index contributed by atoms with van der Waals surface area (Å²) >= 11 is 0. The summed E-state index contributed by atoms with van der Waals surface area (Å²) in [7, 11) is 2.16. The molecule has 1 saturated heterocycles. The summed E-state index contributed by atoms with van der Waals surface area (Å²) in [6.45, 7) is 3.09. The van der Waals surface area contributed by atoms with E-state index in [-0.39, 0.29) is 5.91 Å². The Kier molecular flexibility index (Phi) is 4.80. The molecule has 1 aromatic carbocycles. The molecule has 104 valence electrons. The number of hydrogen-bond acceptors (Lipinski definition) is 3. The average Bonchev–Trinajstić information content (AvgIpc) is 2.38. The van der Waals surface area contributed by atoms with Crippen LogP contribution in [0.2, 0.25) is 0 Å². The van der Waals surface area contributed by atoms with Gasteiger partial charge in [-0.3, -0.25) is 4.79 Å². The first-order chi connectivity index (χ1) is 9.15. The number of nitrogen functional groups attached to an aromatic ring is 1. The van der Waals surface area contributed by atoms with E-state index in [1.54, 1.807) is 24.3 Å². The summed E-state index contributed by atoms with van der Waals surface area (Å²) in [4.78, 5) is 14.3. The number of carbonyl (C=O) groups excluding carboxylic acids is 1. The van der Waals surface area contributed by atoms with E-state index in [4.69, 9.17) is 5.73 Å². The van der Waals surface area contributed by atoms with Crippen molar-refractivity contribution in [2.45, 2.75) is 19.3 Å². The molecule has 1 atom stereocenters. The Morgan fingerprint density at radius 3 is 3.11 bits per heavy atom. The maximum absolute atomic E-state index is 11.9. The molecule has 19 heavy (non-hydrogen) atoms. The predicted octanol–water partition coefficient (Wildman–Crippen LogP) is 1.73. The third kappa shape index (κ3) is 4.24. The molecule has 1 aliphatic heterocycles. The second kappa shape index (κ2) is 6.57. The Morgan fingerprint density at radius 2 is 2.37 bits per heavy atom. The van der Waals surface area contributed by atoms with Crippen molar-refractivity contribution in [3.63, 3.8) is 0 Å². The van der Waals surface area contributed by atoms with E-state index in [2.05, 4.69) is 17.3 Å². The number of rotatable bonds is 4. The van der Waals surface area contributed by atoms with Crippen molar-refractivity contribution in [1.29, 1.82) is 0 Å². The lowest BCUT2D eigenvalue weighted by Gasteiger charge is -2.29. The highest BCUT2D eigenvalue weighted by molar-refractivity contribution is 5.94. The van der Waals surface area contributed by atoms with Crippen LogP contribution in [-0.4, -0.2) is 37.5 Å². The fourth-order valence-corrected chi connectivity index (χ4v) is 2.68. The third-order valence-electron chi connectivity index (χ3n) is 3.71. The number of anilines is 1. The fraction of sp³-hybridized carbons (Fsp3) is 0.533. The van der Waals surface area contributed by atoms with Crippen molar-refractivity contribution in [3.8, 4) is 0 Å². The van der Waals surface area contributed by atoms with E-state index in [0.29, 0.717) is 17.2 Å². The number of hydrogen-bond donors (Lipinski definition) is 2. The normalized spacial score (nSPS) is 20.2. The maximum atomic E-state index is 11.9. The SMILES string of the molecule is CN1CCCC(CCNC(=O)c2cccc(N)c2)C1. The monoisotopic (exact) mass is 261 g/mol. The highest BCUT2D eigenvalue weighted by atomic mass is 16.1. The van der Waals surface area contributed by atoms with Crippen LogP contribution in [0, 0.1) is 5.92 Å². The average molecular weight is 261 g/mol.